The summed E-state index contributed by atoms with van der Waals surface area (Å²) in [5, 5.41) is 6.94. The number of nitrogens with one attached hydrogen (secondary N) is 1. The molecule has 0 aliphatic carbocycles. The van der Waals surface area contributed by atoms with Crippen LogP contribution in [0.4, 0.5) is 5.69 Å². The van der Waals surface area contributed by atoms with Gasteiger partial charge in [-0.3, -0.25) is 9.69 Å². The highest BCUT2D eigenvalue weighted by Gasteiger charge is 2.26. The van der Waals surface area contributed by atoms with Gasteiger partial charge in [-0.05, 0) is 43.9 Å². The van der Waals surface area contributed by atoms with Crippen molar-refractivity contribution in [3.05, 3.63) is 41.5 Å². The molecule has 2 heterocycles. The molecule has 134 valence electrons. The fourth-order valence-electron chi connectivity index (χ4n) is 3.39. The molecule has 0 radical (unpaired) electrons. The number of para-hydroxylation sites is 1. The van der Waals surface area contributed by atoms with Crippen LogP contribution in [-0.2, 0) is 4.79 Å². The van der Waals surface area contributed by atoms with Gasteiger partial charge in [0.25, 0.3) is 0 Å². The van der Waals surface area contributed by atoms with Gasteiger partial charge in [0.1, 0.15) is 0 Å². The average Bonchev–Trinajstić information content (AvgIpc) is 3.02. The van der Waals surface area contributed by atoms with E-state index >= 15 is 0 Å². The molecule has 3 rings (SSSR count). The molecule has 1 aromatic carbocycles. The van der Waals surface area contributed by atoms with Crippen LogP contribution in [0.25, 0.3) is 0 Å². The summed E-state index contributed by atoms with van der Waals surface area (Å²) in [5.41, 5.74) is 2.07. The van der Waals surface area contributed by atoms with E-state index in [4.69, 9.17) is 4.52 Å². The molecule has 1 aliphatic heterocycles. The normalized spacial score (nSPS) is 18.5. The number of piperidine rings is 1. The lowest BCUT2D eigenvalue weighted by molar-refractivity contribution is -0.117. The van der Waals surface area contributed by atoms with Crippen LogP contribution in [0.2, 0.25) is 0 Å². The van der Waals surface area contributed by atoms with Crippen molar-refractivity contribution >= 4 is 11.6 Å². The van der Waals surface area contributed by atoms with Crippen molar-refractivity contribution in [1.29, 1.82) is 0 Å². The Hall–Kier alpha value is -2.21. The molecular formula is C19H26N4O2. The maximum absolute atomic E-state index is 12.5. The van der Waals surface area contributed by atoms with Crippen LogP contribution in [0.15, 0.2) is 28.8 Å². The van der Waals surface area contributed by atoms with Gasteiger partial charge in [-0.1, -0.05) is 37.2 Å². The van der Waals surface area contributed by atoms with Crippen molar-refractivity contribution in [2.75, 3.05) is 25.0 Å². The van der Waals surface area contributed by atoms with Gasteiger partial charge in [0.15, 0.2) is 5.82 Å². The number of hydrogen-bond acceptors (Lipinski definition) is 5. The molecule has 1 atom stereocenters. The average molecular weight is 342 g/mol. The van der Waals surface area contributed by atoms with Gasteiger partial charge < -0.3 is 9.84 Å². The van der Waals surface area contributed by atoms with Crippen molar-refractivity contribution in [2.24, 2.45) is 0 Å². The Labute approximate surface area is 148 Å². The third-order valence-electron chi connectivity index (χ3n) is 4.62. The first-order chi connectivity index (χ1) is 12.0. The molecule has 0 saturated carbocycles. The van der Waals surface area contributed by atoms with Crippen LogP contribution in [-0.4, -0.2) is 40.6 Å². The van der Waals surface area contributed by atoms with Crippen LogP contribution in [0, 0.1) is 6.92 Å². The van der Waals surface area contributed by atoms with Gasteiger partial charge in [-0.25, -0.2) is 0 Å². The summed E-state index contributed by atoms with van der Waals surface area (Å²) in [6.07, 6.45) is 2.05. The summed E-state index contributed by atoms with van der Waals surface area (Å²) >= 11 is 0. The Morgan fingerprint density at radius 3 is 2.92 bits per heavy atom. The molecule has 0 spiro atoms. The largest absolute Gasteiger partial charge is 0.339 e. The van der Waals surface area contributed by atoms with Crippen LogP contribution in [0.1, 0.15) is 55.8 Å². The number of hydrogen-bond donors (Lipinski definition) is 1. The SMILES string of the molecule is Cc1noc(C2CCCN(CC(=O)Nc3ccccc3C(C)C)C2)n1. The molecule has 2 aromatic rings. The molecule has 0 bridgehead atoms. The summed E-state index contributed by atoms with van der Waals surface area (Å²) in [4.78, 5) is 19.0. The lowest BCUT2D eigenvalue weighted by Gasteiger charge is -2.30. The molecule has 1 amide bonds. The molecule has 1 unspecified atom stereocenters. The fourth-order valence-corrected chi connectivity index (χ4v) is 3.39. The Balaban J connectivity index is 1.59. The van der Waals surface area contributed by atoms with Gasteiger partial charge in [-0.2, -0.15) is 4.98 Å². The van der Waals surface area contributed by atoms with E-state index in [1.807, 2.05) is 25.1 Å². The van der Waals surface area contributed by atoms with Crippen molar-refractivity contribution in [1.82, 2.24) is 15.0 Å². The fraction of sp³-hybridized carbons (Fsp3) is 0.526. The van der Waals surface area contributed by atoms with Crippen LogP contribution in [0.3, 0.4) is 0 Å². The van der Waals surface area contributed by atoms with Crippen molar-refractivity contribution in [2.45, 2.75) is 45.4 Å². The number of carbonyl (C=O) groups is 1. The molecule has 25 heavy (non-hydrogen) atoms. The first-order valence-electron chi connectivity index (χ1n) is 8.94. The first kappa shape index (κ1) is 17.6. The van der Waals surface area contributed by atoms with E-state index in [2.05, 4.69) is 40.3 Å². The van der Waals surface area contributed by atoms with E-state index < -0.39 is 0 Å². The van der Waals surface area contributed by atoms with Crippen LogP contribution >= 0.6 is 0 Å². The number of carbonyl (C=O) groups excluding carboxylic acids is 1. The number of aromatic nitrogens is 2. The number of likely N-dealkylation sites (tertiary alicyclic amines) is 1. The van der Waals surface area contributed by atoms with Gasteiger partial charge in [-0.15, -0.1) is 0 Å². The van der Waals surface area contributed by atoms with Crippen molar-refractivity contribution < 1.29 is 9.32 Å². The minimum atomic E-state index is 0.0236. The number of aryl methyl sites for hydroxylation is 1. The van der Waals surface area contributed by atoms with Gasteiger partial charge in [0, 0.05) is 12.2 Å². The lowest BCUT2D eigenvalue weighted by Crippen LogP contribution is -2.40. The van der Waals surface area contributed by atoms with Gasteiger partial charge in [0.05, 0.1) is 12.5 Å². The molecule has 1 N–H and O–H groups in total. The number of benzene rings is 1. The third-order valence-corrected chi connectivity index (χ3v) is 4.62. The zero-order valence-electron chi connectivity index (χ0n) is 15.2. The maximum atomic E-state index is 12.5. The van der Waals surface area contributed by atoms with E-state index in [-0.39, 0.29) is 11.8 Å². The second-order valence-electron chi connectivity index (χ2n) is 7.04. The Kier molecular flexibility index (Phi) is 5.48. The molecule has 1 fully saturated rings. The van der Waals surface area contributed by atoms with E-state index in [9.17, 15) is 4.79 Å². The molecule has 1 saturated heterocycles. The van der Waals surface area contributed by atoms with E-state index in [0.717, 1.165) is 37.2 Å². The van der Waals surface area contributed by atoms with Crippen LogP contribution in [0.5, 0.6) is 0 Å². The second-order valence-corrected chi connectivity index (χ2v) is 7.04. The molecular weight excluding hydrogens is 316 g/mol. The zero-order valence-corrected chi connectivity index (χ0v) is 15.2. The Morgan fingerprint density at radius 2 is 2.20 bits per heavy atom. The smallest absolute Gasteiger partial charge is 0.238 e. The topological polar surface area (TPSA) is 71.3 Å². The van der Waals surface area contributed by atoms with Crippen molar-refractivity contribution in [3.8, 4) is 0 Å². The Bertz CT molecular complexity index is 726. The minimum absolute atomic E-state index is 0.0236. The maximum Gasteiger partial charge on any atom is 0.238 e. The summed E-state index contributed by atoms with van der Waals surface area (Å²) in [5.74, 6) is 1.96. The molecule has 1 aliphatic rings. The highest BCUT2D eigenvalue weighted by Crippen LogP contribution is 2.26. The summed E-state index contributed by atoms with van der Waals surface area (Å²) < 4.78 is 5.31. The zero-order chi connectivity index (χ0) is 17.8. The van der Waals surface area contributed by atoms with Gasteiger partial charge >= 0.3 is 0 Å². The predicted molar refractivity (Wildman–Crippen MR) is 96.6 cm³/mol. The molecule has 1 aromatic heterocycles. The second kappa shape index (κ2) is 7.78. The van der Waals surface area contributed by atoms with Crippen molar-refractivity contribution in [3.63, 3.8) is 0 Å². The van der Waals surface area contributed by atoms with Gasteiger partial charge in [0.2, 0.25) is 11.8 Å². The standard InChI is InChI=1S/C19H26N4O2/c1-13(2)16-8-4-5-9-17(16)21-18(24)12-23-10-6-7-15(11-23)19-20-14(3)22-25-19/h4-5,8-9,13,15H,6-7,10-12H2,1-3H3,(H,21,24). The van der Waals surface area contributed by atoms with E-state index in [1.54, 1.807) is 0 Å². The number of anilines is 1. The first-order valence-corrected chi connectivity index (χ1v) is 8.94. The highest BCUT2D eigenvalue weighted by molar-refractivity contribution is 5.93. The minimum Gasteiger partial charge on any atom is -0.339 e. The molecule has 6 heteroatoms. The van der Waals surface area contributed by atoms with E-state index in [0.29, 0.717) is 24.2 Å². The summed E-state index contributed by atoms with van der Waals surface area (Å²) in [7, 11) is 0. The third kappa shape index (κ3) is 4.45. The number of rotatable bonds is 5. The lowest BCUT2D eigenvalue weighted by atomic mass is 9.98. The number of amides is 1. The highest BCUT2D eigenvalue weighted by atomic mass is 16.5. The monoisotopic (exact) mass is 342 g/mol. The summed E-state index contributed by atoms with van der Waals surface area (Å²) in [6.45, 7) is 8.17. The predicted octanol–water partition coefficient (Wildman–Crippen LogP) is 3.32. The summed E-state index contributed by atoms with van der Waals surface area (Å²) in [6, 6.07) is 7.99. The molecule has 6 nitrogen and oxygen atoms in total. The quantitative estimate of drug-likeness (QED) is 0.902. The van der Waals surface area contributed by atoms with Crippen LogP contribution < -0.4 is 5.32 Å². The number of nitrogens with zero attached hydrogens (tertiary/aromatic N) is 3. The van der Waals surface area contributed by atoms with E-state index in [1.165, 1.54) is 0 Å². The Morgan fingerprint density at radius 1 is 1.40 bits per heavy atom.